The van der Waals surface area contributed by atoms with Crippen LogP contribution in [0.25, 0.3) is 16.9 Å². The van der Waals surface area contributed by atoms with E-state index in [9.17, 15) is 19.1 Å². The van der Waals surface area contributed by atoms with E-state index in [-0.39, 0.29) is 11.7 Å². The number of piperidine rings is 1. The lowest BCUT2D eigenvalue weighted by Crippen LogP contribution is -2.36. The van der Waals surface area contributed by atoms with Gasteiger partial charge in [0.1, 0.15) is 22.2 Å². The van der Waals surface area contributed by atoms with E-state index in [0.29, 0.717) is 40.8 Å². The fraction of sp³-hybridized carbons (Fsp3) is 0.333. The Kier molecular flexibility index (Phi) is 7.02. The Labute approximate surface area is 223 Å². The summed E-state index contributed by atoms with van der Waals surface area (Å²) < 4.78 is 20.6. The number of amides is 1. The summed E-state index contributed by atoms with van der Waals surface area (Å²) in [5.41, 5.74) is 3.84. The van der Waals surface area contributed by atoms with Crippen molar-refractivity contribution in [2.45, 2.75) is 32.1 Å². The Morgan fingerprint density at radius 3 is 2.50 bits per heavy atom. The molecule has 4 aromatic rings. The van der Waals surface area contributed by atoms with Crippen LogP contribution in [0.2, 0.25) is 0 Å². The van der Waals surface area contributed by atoms with Crippen molar-refractivity contribution in [1.82, 2.24) is 19.3 Å². The van der Waals surface area contributed by atoms with E-state index in [0.717, 1.165) is 35.6 Å². The maximum Gasteiger partial charge on any atom is 0.407 e. The highest BCUT2D eigenvalue weighted by Gasteiger charge is 2.27. The van der Waals surface area contributed by atoms with Gasteiger partial charge in [-0.25, -0.2) is 23.9 Å². The van der Waals surface area contributed by atoms with Gasteiger partial charge in [0.15, 0.2) is 5.13 Å². The molecule has 1 fully saturated rings. The zero-order chi connectivity index (χ0) is 27.0. The Bertz CT molecular complexity index is 1490. The number of likely N-dealkylation sites (tertiary alicyclic amines) is 1. The van der Waals surface area contributed by atoms with Crippen LogP contribution in [-0.4, -0.2) is 63.7 Å². The molecule has 1 aliphatic heterocycles. The molecule has 0 atom stereocenters. The van der Waals surface area contributed by atoms with E-state index in [1.54, 1.807) is 12.1 Å². The zero-order valence-electron chi connectivity index (χ0n) is 21.3. The minimum Gasteiger partial charge on any atom is -0.465 e. The van der Waals surface area contributed by atoms with Crippen molar-refractivity contribution in [2.75, 3.05) is 32.1 Å². The van der Waals surface area contributed by atoms with Crippen LogP contribution in [-0.2, 0) is 11.2 Å². The number of hydrogen-bond acceptors (Lipinski definition) is 7. The first-order chi connectivity index (χ1) is 18.3. The number of nitrogens with zero attached hydrogens (tertiary/aromatic N) is 5. The number of pyridine rings is 1. The van der Waals surface area contributed by atoms with Crippen molar-refractivity contribution in [3.05, 3.63) is 64.5 Å². The van der Waals surface area contributed by atoms with Gasteiger partial charge in [-0.15, -0.1) is 0 Å². The topological polar surface area (TPSA) is 100 Å². The molecule has 1 N–H and O–H groups in total. The molecule has 198 valence electrons. The maximum absolute atomic E-state index is 13.5. The van der Waals surface area contributed by atoms with E-state index in [1.165, 1.54) is 35.5 Å². The highest BCUT2D eigenvalue weighted by molar-refractivity contribution is 7.18. The molecule has 11 heteroatoms. The van der Waals surface area contributed by atoms with Gasteiger partial charge in [-0.05, 0) is 61.1 Å². The van der Waals surface area contributed by atoms with Crippen LogP contribution in [0, 0.1) is 5.82 Å². The molecule has 0 spiro atoms. The van der Waals surface area contributed by atoms with Crippen molar-refractivity contribution in [3.63, 3.8) is 0 Å². The summed E-state index contributed by atoms with van der Waals surface area (Å²) in [6.07, 6.45) is 3.40. The monoisotopic (exact) mass is 537 g/mol. The lowest BCUT2D eigenvalue weighted by molar-refractivity contribution is 0.0606. The standard InChI is InChI=1S/C27H28FN5O4S/c1-4-20-24(33-15-18(7-10-21(33)29-20)16-11-13-32(14-12-16)27(35)36)31(2)26-30-22(23(38-26)25(34)37-3)17-5-8-19(28)9-6-17/h5-10,15-16H,4,11-14H2,1-3H3,(H,35,36). The minimum absolute atomic E-state index is 0.247. The largest absolute Gasteiger partial charge is 0.465 e. The summed E-state index contributed by atoms with van der Waals surface area (Å²) >= 11 is 1.20. The Morgan fingerprint density at radius 1 is 1.16 bits per heavy atom. The predicted octanol–water partition coefficient (Wildman–Crippen LogP) is 5.57. The van der Waals surface area contributed by atoms with E-state index < -0.39 is 12.1 Å². The molecule has 0 saturated carbocycles. The second-order valence-electron chi connectivity index (χ2n) is 9.20. The van der Waals surface area contributed by atoms with E-state index >= 15 is 0 Å². The maximum atomic E-state index is 13.5. The van der Waals surface area contributed by atoms with Gasteiger partial charge in [0.2, 0.25) is 0 Å². The van der Waals surface area contributed by atoms with Crippen molar-refractivity contribution >= 4 is 40.0 Å². The third-order valence-electron chi connectivity index (χ3n) is 6.97. The molecule has 5 rings (SSSR count). The van der Waals surface area contributed by atoms with Crippen LogP contribution in [0.5, 0.6) is 0 Å². The number of aromatic nitrogens is 3. The van der Waals surface area contributed by atoms with Gasteiger partial charge in [-0.1, -0.05) is 24.3 Å². The third kappa shape index (κ3) is 4.69. The first kappa shape index (κ1) is 25.7. The number of fused-ring (bicyclic) bond motifs is 1. The van der Waals surface area contributed by atoms with E-state index in [4.69, 9.17) is 14.7 Å². The summed E-state index contributed by atoms with van der Waals surface area (Å²) in [5, 5.41) is 9.86. The summed E-state index contributed by atoms with van der Waals surface area (Å²) in [4.78, 5) is 37.2. The number of carbonyl (C=O) groups is 2. The zero-order valence-corrected chi connectivity index (χ0v) is 22.2. The molecule has 0 unspecified atom stereocenters. The van der Waals surface area contributed by atoms with Gasteiger partial charge in [-0.3, -0.25) is 4.40 Å². The highest BCUT2D eigenvalue weighted by atomic mass is 32.1. The number of carboxylic acid groups (broad SMARTS) is 1. The van der Waals surface area contributed by atoms with Gasteiger partial charge in [0.05, 0.1) is 18.5 Å². The molecule has 1 aliphatic rings. The SMILES string of the molecule is CCc1nc2ccc(C3CCN(C(=O)O)CC3)cn2c1N(C)c1nc(-c2ccc(F)cc2)c(C(=O)OC)s1. The molecule has 3 aromatic heterocycles. The van der Waals surface area contributed by atoms with Gasteiger partial charge >= 0.3 is 12.1 Å². The lowest BCUT2D eigenvalue weighted by atomic mass is 9.90. The van der Waals surface area contributed by atoms with Gasteiger partial charge in [0.25, 0.3) is 0 Å². The van der Waals surface area contributed by atoms with E-state index in [1.807, 2.05) is 29.3 Å². The summed E-state index contributed by atoms with van der Waals surface area (Å²) in [7, 11) is 3.21. The smallest absolute Gasteiger partial charge is 0.407 e. The van der Waals surface area contributed by atoms with Crippen molar-refractivity contribution in [2.24, 2.45) is 0 Å². The summed E-state index contributed by atoms with van der Waals surface area (Å²) in [5.74, 6) is 0.202. The summed E-state index contributed by atoms with van der Waals surface area (Å²) in [6.45, 7) is 3.06. The van der Waals surface area contributed by atoms with Crippen molar-refractivity contribution in [1.29, 1.82) is 0 Å². The Balaban J connectivity index is 1.54. The molecule has 1 aromatic carbocycles. The number of hydrogen-bond donors (Lipinski definition) is 1. The normalized spacial score (nSPS) is 14.2. The minimum atomic E-state index is -0.875. The number of benzene rings is 1. The number of rotatable bonds is 6. The number of ether oxygens (including phenoxy) is 1. The third-order valence-corrected chi connectivity index (χ3v) is 8.08. The lowest BCUT2D eigenvalue weighted by Gasteiger charge is -2.30. The number of aryl methyl sites for hydroxylation is 1. The molecule has 1 amide bonds. The van der Waals surface area contributed by atoms with Crippen LogP contribution in [0.1, 0.15) is 46.6 Å². The first-order valence-electron chi connectivity index (χ1n) is 12.4. The summed E-state index contributed by atoms with van der Waals surface area (Å²) in [6, 6.07) is 9.91. The van der Waals surface area contributed by atoms with Crippen LogP contribution in [0.3, 0.4) is 0 Å². The fourth-order valence-corrected chi connectivity index (χ4v) is 5.88. The molecule has 4 heterocycles. The number of anilines is 2. The van der Waals surface area contributed by atoms with Crippen LogP contribution < -0.4 is 4.90 Å². The average molecular weight is 538 g/mol. The molecule has 0 bridgehead atoms. The predicted molar refractivity (Wildman–Crippen MR) is 143 cm³/mol. The number of thiazole rings is 1. The molecular weight excluding hydrogens is 509 g/mol. The van der Waals surface area contributed by atoms with Crippen molar-refractivity contribution < 1.29 is 23.8 Å². The first-order valence-corrected chi connectivity index (χ1v) is 13.2. The molecule has 0 radical (unpaired) electrons. The average Bonchev–Trinajstić information content (AvgIpc) is 3.54. The fourth-order valence-electron chi connectivity index (χ4n) is 4.91. The number of carbonyl (C=O) groups excluding carboxylic acids is 1. The number of esters is 1. The molecule has 38 heavy (non-hydrogen) atoms. The number of halogens is 1. The molecular formula is C27H28FN5O4S. The highest BCUT2D eigenvalue weighted by Crippen LogP contribution is 2.38. The van der Waals surface area contributed by atoms with Gasteiger partial charge in [0, 0.05) is 31.9 Å². The Hall–Kier alpha value is -3.99. The molecule has 0 aliphatic carbocycles. The number of imidazole rings is 1. The van der Waals surface area contributed by atoms with Crippen LogP contribution >= 0.6 is 11.3 Å². The molecule has 9 nitrogen and oxygen atoms in total. The van der Waals surface area contributed by atoms with Gasteiger partial charge in [-0.2, -0.15) is 0 Å². The van der Waals surface area contributed by atoms with Crippen LogP contribution in [0.15, 0.2) is 42.6 Å². The van der Waals surface area contributed by atoms with E-state index in [2.05, 4.69) is 12.3 Å². The second-order valence-corrected chi connectivity index (χ2v) is 10.2. The van der Waals surface area contributed by atoms with Gasteiger partial charge < -0.3 is 19.6 Å². The second kappa shape index (κ2) is 10.4. The quantitative estimate of drug-likeness (QED) is 0.321. The number of methoxy groups -OCH3 is 1. The van der Waals surface area contributed by atoms with Crippen LogP contribution in [0.4, 0.5) is 20.1 Å². The molecule has 1 saturated heterocycles. The Morgan fingerprint density at radius 2 is 1.87 bits per heavy atom. The van der Waals surface area contributed by atoms with Crippen molar-refractivity contribution in [3.8, 4) is 11.3 Å².